The Morgan fingerprint density at radius 3 is 2.47 bits per heavy atom. The minimum atomic E-state index is -4.55. The van der Waals surface area contributed by atoms with Gasteiger partial charge >= 0.3 is 6.18 Å². The monoisotopic (exact) mass is 239 g/mol. The molecule has 3 N–H and O–H groups in total. The molecule has 0 saturated heterocycles. The molecule has 0 fully saturated rings. The average molecular weight is 240 g/mol. The van der Waals surface area contributed by atoms with E-state index in [2.05, 4.69) is 0 Å². The summed E-state index contributed by atoms with van der Waals surface area (Å²) in [6, 6.07) is 1.71. The van der Waals surface area contributed by atoms with Gasteiger partial charge in [0.15, 0.2) is 0 Å². The Bertz CT molecular complexity index is 354. The fraction of sp³-hybridized carbons (Fsp3) is 0.333. The van der Waals surface area contributed by atoms with Crippen LogP contribution in [0.15, 0.2) is 18.2 Å². The highest BCUT2D eigenvalue weighted by Gasteiger charge is 2.38. The maximum absolute atomic E-state index is 12.3. The lowest BCUT2D eigenvalue weighted by Gasteiger charge is -2.18. The van der Waals surface area contributed by atoms with E-state index in [9.17, 15) is 13.2 Å². The highest BCUT2D eigenvalue weighted by Crippen LogP contribution is 2.33. The molecule has 0 saturated carbocycles. The zero-order valence-corrected chi connectivity index (χ0v) is 8.31. The number of hydrogen-bond donors (Lipinski definition) is 2. The van der Waals surface area contributed by atoms with Crippen LogP contribution in [0.25, 0.3) is 0 Å². The largest absolute Gasteiger partial charge is 0.407 e. The van der Waals surface area contributed by atoms with E-state index in [0.717, 1.165) is 6.07 Å². The van der Waals surface area contributed by atoms with Crippen molar-refractivity contribution in [1.29, 1.82) is 0 Å². The second kappa shape index (κ2) is 4.38. The second-order valence-electron chi connectivity index (χ2n) is 3.02. The van der Waals surface area contributed by atoms with Crippen LogP contribution < -0.4 is 5.73 Å². The average Bonchev–Trinajstić information content (AvgIpc) is 2.15. The summed E-state index contributed by atoms with van der Waals surface area (Å²) in [6.07, 6.45) is -4.55. The van der Waals surface area contributed by atoms with E-state index < -0.39 is 18.8 Å². The van der Waals surface area contributed by atoms with Crippen LogP contribution in [-0.4, -0.2) is 11.3 Å². The van der Waals surface area contributed by atoms with Crippen LogP contribution in [0.5, 0.6) is 0 Å². The van der Waals surface area contributed by atoms with E-state index in [1.54, 1.807) is 0 Å². The van der Waals surface area contributed by atoms with Gasteiger partial charge in [-0.05, 0) is 23.3 Å². The van der Waals surface area contributed by atoms with Crippen molar-refractivity contribution in [1.82, 2.24) is 0 Å². The summed E-state index contributed by atoms with van der Waals surface area (Å²) in [5.41, 5.74) is 4.95. The molecule has 0 bridgehead atoms. The third-order valence-corrected chi connectivity index (χ3v) is 2.20. The molecule has 0 aromatic heterocycles. The summed E-state index contributed by atoms with van der Waals surface area (Å²) < 4.78 is 37.0. The van der Waals surface area contributed by atoms with Gasteiger partial charge in [-0.2, -0.15) is 13.2 Å². The molecular weight excluding hydrogens is 231 g/mol. The maximum Gasteiger partial charge on any atom is 0.407 e. The van der Waals surface area contributed by atoms with Crippen LogP contribution in [0.4, 0.5) is 13.2 Å². The van der Waals surface area contributed by atoms with E-state index in [4.69, 9.17) is 22.4 Å². The predicted octanol–water partition coefficient (Wildman–Crippen LogP) is 2.39. The molecule has 0 unspecified atom stereocenters. The topological polar surface area (TPSA) is 46.2 Å². The molecule has 1 aromatic carbocycles. The van der Waals surface area contributed by atoms with E-state index in [0.29, 0.717) is 0 Å². The molecule has 0 spiro atoms. The maximum atomic E-state index is 12.3. The molecule has 0 amide bonds. The first-order valence-corrected chi connectivity index (χ1v) is 4.45. The summed E-state index contributed by atoms with van der Waals surface area (Å²) in [4.78, 5) is 0. The molecule has 6 heteroatoms. The van der Waals surface area contributed by atoms with Crippen LogP contribution in [-0.2, 0) is 6.61 Å². The van der Waals surface area contributed by atoms with Gasteiger partial charge in [0.1, 0.15) is 6.04 Å². The van der Waals surface area contributed by atoms with Crippen molar-refractivity contribution < 1.29 is 18.3 Å². The molecule has 0 aliphatic carbocycles. The lowest BCUT2D eigenvalue weighted by molar-refractivity contribution is -0.149. The normalized spacial score (nSPS) is 14.0. The minimum absolute atomic E-state index is 0.129. The van der Waals surface area contributed by atoms with Crippen molar-refractivity contribution in [2.45, 2.75) is 18.8 Å². The number of rotatable bonds is 2. The molecule has 1 rings (SSSR count). The standard InChI is InChI=1S/C9H9ClF3NO/c10-6-2-1-5(4-15)7(3-6)8(14)9(11,12)13/h1-3,8,15H,4,14H2/t8-/m1/s1. The van der Waals surface area contributed by atoms with E-state index in [1.807, 2.05) is 0 Å². The molecule has 2 nitrogen and oxygen atoms in total. The van der Waals surface area contributed by atoms with Gasteiger partial charge in [-0.3, -0.25) is 0 Å². The third kappa shape index (κ3) is 2.84. The lowest BCUT2D eigenvalue weighted by Crippen LogP contribution is -2.29. The zero-order chi connectivity index (χ0) is 11.6. The van der Waals surface area contributed by atoms with Crippen molar-refractivity contribution in [2.24, 2.45) is 5.73 Å². The molecule has 1 atom stereocenters. The Hall–Kier alpha value is -0.780. The first-order chi connectivity index (χ1) is 6.86. The summed E-state index contributed by atoms with van der Waals surface area (Å²) in [7, 11) is 0. The van der Waals surface area contributed by atoms with Gasteiger partial charge in [0.25, 0.3) is 0 Å². The van der Waals surface area contributed by atoms with Crippen LogP contribution in [0.3, 0.4) is 0 Å². The van der Waals surface area contributed by atoms with Crippen LogP contribution in [0.1, 0.15) is 17.2 Å². The highest BCUT2D eigenvalue weighted by molar-refractivity contribution is 6.30. The van der Waals surface area contributed by atoms with Crippen molar-refractivity contribution in [3.05, 3.63) is 34.3 Å². The number of nitrogens with two attached hydrogens (primary N) is 1. The smallest absolute Gasteiger partial charge is 0.392 e. The van der Waals surface area contributed by atoms with Crippen LogP contribution >= 0.6 is 11.6 Å². The molecule has 15 heavy (non-hydrogen) atoms. The summed E-state index contributed by atoms with van der Waals surface area (Å²) in [5.74, 6) is 0. The summed E-state index contributed by atoms with van der Waals surface area (Å²) in [6.45, 7) is -0.504. The van der Waals surface area contributed by atoms with Crippen molar-refractivity contribution in [2.75, 3.05) is 0 Å². The number of benzene rings is 1. The number of hydrogen-bond acceptors (Lipinski definition) is 2. The molecule has 0 aliphatic heterocycles. The predicted molar refractivity (Wildman–Crippen MR) is 50.4 cm³/mol. The van der Waals surface area contributed by atoms with Gasteiger partial charge in [-0.25, -0.2) is 0 Å². The molecule has 0 radical (unpaired) electrons. The Morgan fingerprint density at radius 1 is 1.40 bits per heavy atom. The number of alkyl halides is 3. The van der Waals surface area contributed by atoms with E-state index in [1.165, 1.54) is 12.1 Å². The quantitative estimate of drug-likeness (QED) is 0.833. The number of halogens is 4. The molecular formula is C9H9ClF3NO. The van der Waals surface area contributed by atoms with E-state index in [-0.39, 0.29) is 16.1 Å². The molecule has 0 heterocycles. The van der Waals surface area contributed by atoms with Crippen LogP contribution in [0, 0.1) is 0 Å². The fourth-order valence-electron chi connectivity index (χ4n) is 1.18. The Kier molecular flexibility index (Phi) is 3.59. The summed E-state index contributed by atoms with van der Waals surface area (Å²) >= 11 is 5.56. The number of aliphatic hydroxyl groups excluding tert-OH is 1. The fourth-order valence-corrected chi connectivity index (χ4v) is 1.36. The van der Waals surface area contributed by atoms with Gasteiger partial charge in [0.2, 0.25) is 0 Å². The first-order valence-electron chi connectivity index (χ1n) is 4.07. The van der Waals surface area contributed by atoms with Gasteiger partial charge in [0, 0.05) is 5.02 Å². The minimum Gasteiger partial charge on any atom is -0.392 e. The van der Waals surface area contributed by atoms with Crippen LogP contribution in [0.2, 0.25) is 5.02 Å². The Morgan fingerprint density at radius 2 is 2.00 bits per heavy atom. The number of aliphatic hydroxyl groups is 1. The summed E-state index contributed by atoms with van der Waals surface area (Å²) in [5, 5.41) is 9.01. The first kappa shape index (κ1) is 12.3. The Labute approximate surface area is 89.5 Å². The highest BCUT2D eigenvalue weighted by atomic mass is 35.5. The van der Waals surface area contributed by atoms with Crippen molar-refractivity contribution >= 4 is 11.6 Å². The van der Waals surface area contributed by atoms with Crippen molar-refractivity contribution in [3.63, 3.8) is 0 Å². The Balaban J connectivity index is 3.17. The van der Waals surface area contributed by atoms with Gasteiger partial charge in [-0.15, -0.1) is 0 Å². The van der Waals surface area contributed by atoms with E-state index >= 15 is 0 Å². The SMILES string of the molecule is N[C@H](c1cc(Cl)ccc1CO)C(F)(F)F. The lowest BCUT2D eigenvalue weighted by atomic mass is 10.0. The van der Waals surface area contributed by atoms with Gasteiger partial charge in [-0.1, -0.05) is 17.7 Å². The molecule has 84 valence electrons. The van der Waals surface area contributed by atoms with Gasteiger partial charge < -0.3 is 10.8 Å². The van der Waals surface area contributed by atoms with Gasteiger partial charge in [0.05, 0.1) is 6.61 Å². The molecule has 1 aromatic rings. The second-order valence-corrected chi connectivity index (χ2v) is 3.46. The van der Waals surface area contributed by atoms with Crippen molar-refractivity contribution in [3.8, 4) is 0 Å². The zero-order valence-electron chi connectivity index (χ0n) is 7.55. The molecule has 0 aliphatic rings. The third-order valence-electron chi connectivity index (χ3n) is 1.97.